The molecule has 1 saturated heterocycles. The minimum atomic E-state index is 0.574. The number of hydrogen-bond acceptors (Lipinski definition) is 5. The molecule has 0 amide bonds. The first-order valence-electron chi connectivity index (χ1n) is 7.13. The van der Waals surface area contributed by atoms with Crippen molar-refractivity contribution in [2.45, 2.75) is 32.9 Å². The van der Waals surface area contributed by atoms with Gasteiger partial charge in [0.15, 0.2) is 0 Å². The Labute approximate surface area is 114 Å². The summed E-state index contributed by atoms with van der Waals surface area (Å²) in [6, 6.07) is 0. The van der Waals surface area contributed by atoms with Gasteiger partial charge in [0.05, 0.1) is 32.1 Å². The molecule has 0 saturated carbocycles. The summed E-state index contributed by atoms with van der Waals surface area (Å²) >= 11 is 0. The highest BCUT2D eigenvalue weighted by Crippen LogP contribution is 2.12. The predicted octanol–water partition coefficient (Wildman–Crippen LogP) is 0.831. The Hall–Kier alpha value is -0.980. The molecule has 2 heterocycles. The molecule has 1 atom stereocenters. The highest BCUT2D eigenvalue weighted by Gasteiger charge is 2.15. The molecule has 1 aliphatic rings. The maximum atomic E-state index is 5.65. The zero-order valence-corrected chi connectivity index (χ0v) is 11.7. The lowest BCUT2D eigenvalue weighted by atomic mass is 10.1. The Bertz CT molecular complexity index is 350. The van der Waals surface area contributed by atoms with Gasteiger partial charge < -0.3 is 14.8 Å². The van der Waals surface area contributed by atoms with E-state index in [2.05, 4.69) is 22.6 Å². The summed E-state index contributed by atoms with van der Waals surface area (Å²) < 4.78 is 12.8. The van der Waals surface area contributed by atoms with E-state index < -0.39 is 0 Å². The second-order valence-electron chi connectivity index (χ2n) is 4.95. The van der Waals surface area contributed by atoms with Crippen molar-refractivity contribution in [1.82, 2.24) is 20.3 Å². The molecule has 0 bridgehead atoms. The minimum Gasteiger partial charge on any atom is -0.381 e. The largest absolute Gasteiger partial charge is 0.381 e. The molecule has 108 valence electrons. The molecule has 1 aliphatic heterocycles. The maximum absolute atomic E-state index is 5.65. The van der Waals surface area contributed by atoms with Gasteiger partial charge in [-0.25, -0.2) is 4.68 Å². The van der Waals surface area contributed by atoms with Gasteiger partial charge >= 0.3 is 0 Å². The number of nitrogens with zero attached hydrogens (tertiary/aromatic N) is 3. The normalized spacial score (nSPS) is 19.1. The Morgan fingerprint density at radius 2 is 2.53 bits per heavy atom. The van der Waals surface area contributed by atoms with E-state index in [1.807, 2.05) is 10.9 Å². The molecule has 0 aliphatic carbocycles. The highest BCUT2D eigenvalue weighted by atomic mass is 16.5. The average Bonchev–Trinajstić information content (AvgIpc) is 3.06. The van der Waals surface area contributed by atoms with E-state index in [1.165, 1.54) is 0 Å². The third-order valence-corrected chi connectivity index (χ3v) is 3.16. The van der Waals surface area contributed by atoms with Crippen LogP contribution in [0.15, 0.2) is 6.20 Å². The summed E-state index contributed by atoms with van der Waals surface area (Å²) in [7, 11) is 0. The summed E-state index contributed by atoms with van der Waals surface area (Å²) in [6.07, 6.45) is 4.23. The molecule has 0 radical (unpaired) electrons. The van der Waals surface area contributed by atoms with E-state index in [4.69, 9.17) is 9.47 Å². The van der Waals surface area contributed by atoms with Crippen LogP contribution in [-0.4, -0.2) is 48.0 Å². The van der Waals surface area contributed by atoms with Crippen LogP contribution in [0.2, 0.25) is 0 Å². The maximum Gasteiger partial charge on any atom is 0.0964 e. The average molecular weight is 268 g/mol. The van der Waals surface area contributed by atoms with Gasteiger partial charge in [0.2, 0.25) is 0 Å². The van der Waals surface area contributed by atoms with E-state index in [9.17, 15) is 0 Å². The van der Waals surface area contributed by atoms with Crippen molar-refractivity contribution in [2.75, 3.05) is 33.0 Å². The molecule has 0 aromatic carbocycles. The van der Waals surface area contributed by atoms with Crippen molar-refractivity contribution in [3.8, 4) is 0 Å². The van der Waals surface area contributed by atoms with Gasteiger partial charge in [-0.05, 0) is 19.4 Å². The Morgan fingerprint density at radius 1 is 1.58 bits per heavy atom. The molecule has 2 rings (SSSR count). The van der Waals surface area contributed by atoms with Gasteiger partial charge in [0.25, 0.3) is 0 Å². The van der Waals surface area contributed by atoms with Crippen LogP contribution in [0.3, 0.4) is 0 Å². The highest BCUT2D eigenvalue weighted by molar-refractivity contribution is 4.91. The summed E-state index contributed by atoms with van der Waals surface area (Å²) in [5.74, 6) is 0.574. The molecular weight excluding hydrogens is 244 g/mol. The monoisotopic (exact) mass is 268 g/mol. The van der Waals surface area contributed by atoms with E-state index in [0.717, 1.165) is 58.0 Å². The summed E-state index contributed by atoms with van der Waals surface area (Å²) in [6.45, 7) is 7.90. The van der Waals surface area contributed by atoms with Crippen molar-refractivity contribution >= 4 is 0 Å². The van der Waals surface area contributed by atoms with Gasteiger partial charge in [-0.1, -0.05) is 12.1 Å². The van der Waals surface area contributed by atoms with Crippen LogP contribution in [0.5, 0.6) is 0 Å². The van der Waals surface area contributed by atoms with Gasteiger partial charge in [-0.3, -0.25) is 0 Å². The van der Waals surface area contributed by atoms with Crippen LogP contribution in [0.1, 0.15) is 25.5 Å². The van der Waals surface area contributed by atoms with Gasteiger partial charge in [0.1, 0.15) is 0 Å². The molecule has 6 heteroatoms. The van der Waals surface area contributed by atoms with Crippen molar-refractivity contribution in [3.05, 3.63) is 11.9 Å². The fourth-order valence-corrected chi connectivity index (χ4v) is 2.04. The third-order valence-electron chi connectivity index (χ3n) is 3.16. The van der Waals surface area contributed by atoms with E-state index >= 15 is 0 Å². The minimum absolute atomic E-state index is 0.574. The molecular formula is C13H24N4O2. The van der Waals surface area contributed by atoms with Gasteiger partial charge in [0, 0.05) is 25.3 Å². The lowest BCUT2D eigenvalue weighted by Gasteiger charge is -2.08. The quantitative estimate of drug-likeness (QED) is 0.672. The topological polar surface area (TPSA) is 61.2 Å². The standard InChI is InChI=1S/C13H24N4O2/c1-2-4-14-8-13-9-17(16-15-13)5-7-19-11-12-3-6-18-10-12/h9,12,14H,2-8,10-11H2,1H3. The van der Waals surface area contributed by atoms with Crippen molar-refractivity contribution < 1.29 is 9.47 Å². The molecule has 6 nitrogen and oxygen atoms in total. The first-order valence-corrected chi connectivity index (χ1v) is 7.13. The summed E-state index contributed by atoms with van der Waals surface area (Å²) in [5.41, 5.74) is 0.984. The van der Waals surface area contributed by atoms with Crippen LogP contribution >= 0.6 is 0 Å². The second-order valence-corrected chi connectivity index (χ2v) is 4.95. The summed E-state index contributed by atoms with van der Waals surface area (Å²) in [4.78, 5) is 0. The molecule has 1 aromatic rings. The smallest absolute Gasteiger partial charge is 0.0964 e. The third kappa shape index (κ3) is 5.26. The Kier molecular flexibility index (Phi) is 6.26. The van der Waals surface area contributed by atoms with Crippen LogP contribution in [0, 0.1) is 5.92 Å². The number of hydrogen-bond donors (Lipinski definition) is 1. The molecule has 1 fully saturated rings. The lowest BCUT2D eigenvalue weighted by Crippen LogP contribution is -2.14. The van der Waals surface area contributed by atoms with Crippen molar-refractivity contribution in [2.24, 2.45) is 5.92 Å². The van der Waals surface area contributed by atoms with Crippen LogP contribution in [-0.2, 0) is 22.6 Å². The van der Waals surface area contributed by atoms with Crippen LogP contribution in [0.25, 0.3) is 0 Å². The second kappa shape index (κ2) is 8.24. The SMILES string of the molecule is CCCNCc1cn(CCOCC2CCOC2)nn1. The zero-order valence-electron chi connectivity index (χ0n) is 11.7. The first kappa shape index (κ1) is 14.4. The van der Waals surface area contributed by atoms with Crippen LogP contribution < -0.4 is 5.32 Å². The Balaban J connectivity index is 1.57. The van der Waals surface area contributed by atoms with Crippen LogP contribution in [0.4, 0.5) is 0 Å². The van der Waals surface area contributed by atoms with Crippen molar-refractivity contribution in [3.63, 3.8) is 0 Å². The summed E-state index contributed by atoms with van der Waals surface area (Å²) in [5, 5.41) is 11.5. The Morgan fingerprint density at radius 3 is 3.32 bits per heavy atom. The van der Waals surface area contributed by atoms with Crippen molar-refractivity contribution in [1.29, 1.82) is 0 Å². The lowest BCUT2D eigenvalue weighted by molar-refractivity contribution is 0.0828. The fraction of sp³-hybridized carbons (Fsp3) is 0.846. The van der Waals surface area contributed by atoms with Gasteiger partial charge in [-0.2, -0.15) is 0 Å². The predicted molar refractivity (Wildman–Crippen MR) is 71.8 cm³/mol. The number of nitrogens with one attached hydrogen (secondary N) is 1. The molecule has 1 unspecified atom stereocenters. The van der Waals surface area contributed by atoms with E-state index in [0.29, 0.717) is 12.5 Å². The van der Waals surface area contributed by atoms with Gasteiger partial charge in [-0.15, -0.1) is 5.10 Å². The fourth-order valence-electron chi connectivity index (χ4n) is 2.04. The molecule has 1 aromatic heterocycles. The first-order chi connectivity index (χ1) is 9.38. The van der Waals surface area contributed by atoms with E-state index in [-0.39, 0.29) is 0 Å². The number of aromatic nitrogens is 3. The number of ether oxygens (including phenoxy) is 2. The molecule has 19 heavy (non-hydrogen) atoms. The van der Waals surface area contributed by atoms with E-state index in [1.54, 1.807) is 0 Å². The zero-order chi connectivity index (χ0) is 13.3. The molecule has 1 N–H and O–H groups in total. The number of rotatable bonds is 9. The molecule has 0 spiro atoms.